The molecule has 1 aliphatic carbocycles. The lowest BCUT2D eigenvalue weighted by atomic mass is 10.0. The first-order chi connectivity index (χ1) is 9.00. The molecule has 0 spiro atoms. The molecule has 100 valence electrons. The molecule has 3 nitrogen and oxygen atoms in total. The topological polar surface area (TPSA) is 40.5 Å². The van der Waals surface area contributed by atoms with E-state index in [2.05, 4.69) is 11.8 Å². The minimum Gasteiger partial charge on any atom is -0.465 e. The molecule has 0 saturated heterocycles. The third kappa shape index (κ3) is 2.65. The van der Waals surface area contributed by atoms with Crippen LogP contribution in [0.1, 0.15) is 19.3 Å². The summed E-state index contributed by atoms with van der Waals surface area (Å²) in [6, 6.07) is 0.122. The third-order valence-corrected chi connectivity index (χ3v) is 2.82. The Morgan fingerprint density at radius 1 is 1.26 bits per heavy atom. The molecule has 1 atom stereocenters. The zero-order valence-electron chi connectivity index (χ0n) is 9.79. The Morgan fingerprint density at radius 2 is 1.95 bits per heavy atom. The normalized spacial score (nSPS) is 17.5. The van der Waals surface area contributed by atoms with E-state index in [0.717, 1.165) is 0 Å². The molecule has 1 aromatic carbocycles. The Morgan fingerprint density at radius 3 is 2.53 bits per heavy atom. The first-order valence-electron chi connectivity index (χ1n) is 5.66. The number of carboxylic acid groups (broad SMARTS) is 1. The molecule has 2 rings (SSSR count). The fourth-order valence-corrected chi connectivity index (χ4v) is 1.94. The highest BCUT2D eigenvalue weighted by Crippen LogP contribution is 2.26. The lowest BCUT2D eigenvalue weighted by Gasteiger charge is -2.27. The largest absolute Gasteiger partial charge is 0.465 e. The van der Waals surface area contributed by atoms with E-state index in [1.807, 2.05) is 0 Å². The zero-order chi connectivity index (χ0) is 14.0. The van der Waals surface area contributed by atoms with Gasteiger partial charge in [0.25, 0.3) is 0 Å². The van der Waals surface area contributed by atoms with Crippen LogP contribution < -0.4 is 4.90 Å². The average Bonchev–Trinajstić information content (AvgIpc) is 2.37. The number of amides is 1. The van der Waals surface area contributed by atoms with Gasteiger partial charge in [-0.15, -0.1) is 5.92 Å². The van der Waals surface area contributed by atoms with Crippen LogP contribution in [-0.2, 0) is 0 Å². The van der Waals surface area contributed by atoms with Gasteiger partial charge in [-0.2, -0.15) is 0 Å². The van der Waals surface area contributed by atoms with Crippen LogP contribution in [0.2, 0.25) is 0 Å². The van der Waals surface area contributed by atoms with E-state index in [1.54, 1.807) is 0 Å². The SMILES string of the molecule is O=C(O)N(c1cc(F)c(F)cc1F)C1C#CCCC1. The van der Waals surface area contributed by atoms with Crippen LogP contribution in [0, 0.1) is 29.3 Å². The van der Waals surface area contributed by atoms with Crippen molar-refractivity contribution in [1.82, 2.24) is 0 Å². The maximum Gasteiger partial charge on any atom is 0.412 e. The molecule has 1 aromatic rings. The predicted octanol–water partition coefficient (Wildman–Crippen LogP) is 3.14. The van der Waals surface area contributed by atoms with Gasteiger partial charge in [-0.1, -0.05) is 5.92 Å². The molecule has 0 radical (unpaired) electrons. The Balaban J connectivity index is 2.46. The van der Waals surface area contributed by atoms with Crippen LogP contribution in [0.25, 0.3) is 0 Å². The molecule has 19 heavy (non-hydrogen) atoms. The highest BCUT2D eigenvalue weighted by molar-refractivity contribution is 5.87. The summed E-state index contributed by atoms with van der Waals surface area (Å²) in [5.74, 6) is 1.62. The van der Waals surface area contributed by atoms with Gasteiger partial charge in [0.2, 0.25) is 0 Å². The number of carbonyl (C=O) groups is 1. The molecule has 0 fully saturated rings. The van der Waals surface area contributed by atoms with E-state index in [1.165, 1.54) is 0 Å². The number of benzene rings is 1. The molecule has 0 bridgehead atoms. The van der Waals surface area contributed by atoms with E-state index >= 15 is 0 Å². The number of hydrogen-bond acceptors (Lipinski definition) is 1. The summed E-state index contributed by atoms with van der Waals surface area (Å²) in [6.45, 7) is 0. The van der Waals surface area contributed by atoms with Gasteiger partial charge in [-0.05, 0) is 12.8 Å². The van der Waals surface area contributed by atoms with Gasteiger partial charge in [0, 0.05) is 18.6 Å². The smallest absolute Gasteiger partial charge is 0.412 e. The first kappa shape index (κ1) is 13.3. The lowest BCUT2D eigenvalue weighted by molar-refractivity contribution is 0.199. The quantitative estimate of drug-likeness (QED) is 0.662. The zero-order valence-corrected chi connectivity index (χ0v) is 9.79. The van der Waals surface area contributed by atoms with Crippen molar-refractivity contribution in [3.63, 3.8) is 0 Å². The molecular formula is C13H10F3NO2. The molecule has 0 saturated carbocycles. The van der Waals surface area contributed by atoms with Crippen molar-refractivity contribution < 1.29 is 23.1 Å². The summed E-state index contributed by atoms with van der Waals surface area (Å²) in [6.07, 6.45) is 0.292. The van der Waals surface area contributed by atoms with Crippen LogP contribution >= 0.6 is 0 Å². The van der Waals surface area contributed by atoms with Crippen LogP contribution in [0.3, 0.4) is 0 Å². The third-order valence-electron chi connectivity index (χ3n) is 2.82. The highest BCUT2D eigenvalue weighted by atomic mass is 19.2. The minimum absolute atomic E-state index is 0.330. The Labute approximate surface area is 107 Å². The van der Waals surface area contributed by atoms with E-state index < -0.39 is 35.3 Å². The Kier molecular flexibility index (Phi) is 3.65. The predicted molar refractivity (Wildman–Crippen MR) is 62.2 cm³/mol. The maximum atomic E-state index is 13.6. The molecule has 1 N–H and O–H groups in total. The minimum atomic E-state index is -1.45. The number of rotatable bonds is 2. The van der Waals surface area contributed by atoms with Crippen molar-refractivity contribution >= 4 is 11.8 Å². The van der Waals surface area contributed by atoms with Crippen molar-refractivity contribution in [1.29, 1.82) is 0 Å². The second kappa shape index (κ2) is 5.22. The van der Waals surface area contributed by atoms with Gasteiger partial charge in [0.1, 0.15) is 11.9 Å². The van der Waals surface area contributed by atoms with E-state index in [4.69, 9.17) is 5.11 Å². The van der Waals surface area contributed by atoms with Gasteiger partial charge in [-0.25, -0.2) is 18.0 Å². The lowest BCUT2D eigenvalue weighted by Crippen LogP contribution is -2.40. The van der Waals surface area contributed by atoms with Crippen LogP contribution in [-0.4, -0.2) is 17.2 Å². The first-order valence-corrected chi connectivity index (χ1v) is 5.66. The summed E-state index contributed by atoms with van der Waals surface area (Å²) >= 11 is 0. The molecule has 0 aliphatic heterocycles. The number of anilines is 1. The number of hydrogen-bond donors (Lipinski definition) is 1. The average molecular weight is 269 g/mol. The molecule has 1 amide bonds. The number of nitrogens with zero attached hydrogens (tertiary/aromatic N) is 1. The molecule has 1 unspecified atom stereocenters. The Bertz CT molecular complexity index is 577. The van der Waals surface area contributed by atoms with Crippen LogP contribution in [0.5, 0.6) is 0 Å². The summed E-state index contributed by atoms with van der Waals surface area (Å²) < 4.78 is 39.6. The molecule has 0 aromatic heterocycles. The van der Waals surface area contributed by atoms with Crippen LogP contribution in [0.15, 0.2) is 12.1 Å². The fourth-order valence-electron chi connectivity index (χ4n) is 1.94. The highest BCUT2D eigenvalue weighted by Gasteiger charge is 2.28. The van der Waals surface area contributed by atoms with Gasteiger partial charge >= 0.3 is 6.09 Å². The molecule has 1 aliphatic rings. The molecule has 6 heteroatoms. The summed E-state index contributed by atoms with van der Waals surface area (Å²) in [5, 5.41) is 9.14. The van der Waals surface area contributed by atoms with Crippen molar-refractivity contribution in [3.05, 3.63) is 29.6 Å². The van der Waals surface area contributed by atoms with Gasteiger partial charge in [0.05, 0.1) is 5.69 Å². The maximum absolute atomic E-state index is 13.6. The summed E-state index contributed by atoms with van der Waals surface area (Å²) in [4.78, 5) is 11.9. The molecule has 0 heterocycles. The van der Waals surface area contributed by atoms with E-state index in [0.29, 0.717) is 36.3 Å². The second-order valence-corrected chi connectivity index (χ2v) is 4.10. The van der Waals surface area contributed by atoms with Crippen LogP contribution in [0.4, 0.5) is 23.7 Å². The standard InChI is InChI=1S/C13H10F3NO2/c14-9-6-11(16)12(7-10(9)15)17(13(18)19)8-4-2-1-3-5-8/h6-8H,1-2,4H2,(H,18,19). The molecular weight excluding hydrogens is 259 g/mol. The van der Waals surface area contributed by atoms with Crippen molar-refractivity contribution in [2.45, 2.75) is 25.3 Å². The van der Waals surface area contributed by atoms with E-state index in [9.17, 15) is 18.0 Å². The van der Waals surface area contributed by atoms with Crippen molar-refractivity contribution in [2.24, 2.45) is 0 Å². The second-order valence-electron chi connectivity index (χ2n) is 4.10. The van der Waals surface area contributed by atoms with Crippen molar-refractivity contribution in [2.75, 3.05) is 4.90 Å². The monoisotopic (exact) mass is 269 g/mol. The van der Waals surface area contributed by atoms with Gasteiger partial charge < -0.3 is 5.11 Å². The summed E-state index contributed by atoms with van der Waals surface area (Å²) in [5.41, 5.74) is -0.521. The Hall–Kier alpha value is -2.16. The van der Waals surface area contributed by atoms with E-state index in [-0.39, 0.29) is 0 Å². The van der Waals surface area contributed by atoms with Gasteiger partial charge in [0.15, 0.2) is 11.6 Å². The summed E-state index contributed by atoms with van der Waals surface area (Å²) in [7, 11) is 0. The number of halogens is 3. The van der Waals surface area contributed by atoms with Gasteiger partial charge in [-0.3, -0.25) is 4.90 Å². The van der Waals surface area contributed by atoms with Crippen molar-refractivity contribution in [3.8, 4) is 11.8 Å². The fraction of sp³-hybridized carbons (Fsp3) is 0.308.